The number of nitrogens with zero attached hydrogens (tertiary/aromatic N) is 2. The Morgan fingerprint density at radius 3 is 2.74 bits per heavy atom. The number of hydrogen-bond acceptors (Lipinski definition) is 5. The Bertz CT molecular complexity index is 1030. The number of anilines is 1. The van der Waals surface area contributed by atoms with Crippen LogP contribution in [-0.2, 0) is 11.3 Å². The van der Waals surface area contributed by atoms with Crippen molar-refractivity contribution >= 4 is 17.5 Å². The van der Waals surface area contributed by atoms with E-state index in [-0.39, 0.29) is 6.61 Å². The van der Waals surface area contributed by atoms with Crippen LogP contribution in [0.25, 0.3) is 16.0 Å². The number of ether oxygens (including phenoxy) is 2. The Morgan fingerprint density at radius 2 is 2.00 bits per heavy atom. The maximum absolute atomic E-state index is 12.1. The fourth-order valence-electron chi connectivity index (χ4n) is 2.62. The molecule has 6 nitrogen and oxygen atoms in total. The van der Waals surface area contributed by atoms with Gasteiger partial charge in [0, 0.05) is 6.20 Å². The third kappa shape index (κ3) is 4.22. The summed E-state index contributed by atoms with van der Waals surface area (Å²) in [7, 11) is 1.33. The number of aromatic nitrogens is 1. The lowest BCUT2D eigenvalue weighted by molar-refractivity contribution is 0.0600. The standard InChI is InChI=1S/C21H17N3O3/c1-23-18-6-3-5-15(12-18)16-9-14(10-17(11-16)21(25)26-2)13-27-19-7-4-8-24-20(19)22/h3-12H,13H2,2H3,(H2,22,24). The van der Waals surface area contributed by atoms with Crippen LogP contribution in [0.15, 0.2) is 60.8 Å². The second-order valence-electron chi connectivity index (χ2n) is 5.75. The number of carbonyl (C=O) groups excluding carboxylic acids is 1. The highest BCUT2D eigenvalue weighted by atomic mass is 16.5. The molecule has 134 valence electrons. The van der Waals surface area contributed by atoms with Crippen molar-refractivity contribution in [1.82, 2.24) is 4.98 Å². The molecular weight excluding hydrogens is 342 g/mol. The van der Waals surface area contributed by atoms with Gasteiger partial charge >= 0.3 is 5.97 Å². The lowest BCUT2D eigenvalue weighted by Crippen LogP contribution is -2.05. The van der Waals surface area contributed by atoms with Crippen LogP contribution in [0.3, 0.4) is 0 Å². The van der Waals surface area contributed by atoms with Gasteiger partial charge in [-0.05, 0) is 53.1 Å². The van der Waals surface area contributed by atoms with E-state index in [9.17, 15) is 4.79 Å². The molecule has 0 unspecified atom stereocenters. The lowest BCUT2D eigenvalue weighted by Gasteiger charge is -2.12. The summed E-state index contributed by atoms with van der Waals surface area (Å²) < 4.78 is 10.6. The van der Waals surface area contributed by atoms with Gasteiger partial charge in [-0.3, -0.25) is 0 Å². The lowest BCUT2D eigenvalue weighted by atomic mass is 9.99. The van der Waals surface area contributed by atoms with Crippen LogP contribution in [0.4, 0.5) is 11.5 Å². The molecule has 2 N–H and O–H groups in total. The first-order valence-electron chi connectivity index (χ1n) is 8.14. The fourth-order valence-corrected chi connectivity index (χ4v) is 2.62. The molecule has 3 rings (SSSR count). The van der Waals surface area contributed by atoms with E-state index in [1.54, 1.807) is 48.7 Å². The average Bonchev–Trinajstić information content (AvgIpc) is 2.72. The van der Waals surface area contributed by atoms with Crippen molar-refractivity contribution in [2.75, 3.05) is 12.8 Å². The predicted molar refractivity (Wildman–Crippen MR) is 102 cm³/mol. The Morgan fingerprint density at radius 1 is 1.15 bits per heavy atom. The largest absolute Gasteiger partial charge is 0.485 e. The number of rotatable bonds is 5. The maximum atomic E-state index is 12.1. The van der Waals surface area contributed by atoms with Crippen LogP contribution in [0.5, 0.6) is 5.75 Å². The highest BCUT2D eigenvalue weighted by Crippen LogP contribution is 2.27. The summed E-state index contributed by atoms with van der Waals surface area (Å²) in [5.74, 6) is 0.324. The number of carbonyl (C=O) groups is 1. The molecule has 1 heterocycles. The molecule has 0 aliphatic carbocycles. The van der Waals surface area contributed by atoms with Crippen LogP contribution < -0.4 is 10.5 Å². The van der Waals surface area contributed by atoms with Gasteiger partial charge in [0.05, 0.1) is 19.2 Å². The molecule has 27 heavy (non-hydrogen) atoms. The van der Waals surface area contributed by atoms with E-state index < -0.39 is 5.97 Å². The number of nitrogen functional groups attached to an aromatic ring is 1. The number of pyridine rings is 1. The van der Waals surface area contributed by atoms with Gasteiger partial charge in [0.25, 0.3) is 0 Å². The minimum Gasteiger partial charge on any atom is -0.485 e. The molecule has 0 fully saturated rings. The van der Waals surface area contributed by atoms with E-state index in [4.69, 9.17) is 21.8 Å². The third-order valence-corrected chi connectivity index (χ3v) is 3.92. The van der Waals surface area contributed by atoms with Gasteiger partial charge in [-0.1, -0.05) is 18.2 Å². The molecule has 0 aliphatic rings. The van der Waals surface area contributed by atoms with Gasteiger partial charge in [0.1, 0.15) is 6.61 Å². The van der Waals surface area contributed by atoms with Crippen molar-refractivity contribution in [1.29, 1.82) is 0 Å². The zero-order valence-electron chi connectivity index (χ0n) is 14.7. The van der Waals surface area contributed by atoms with Gasteiger partial charge in [-0.2, -0.15) is 0 Å². The Kier molecular flexibility index (Phi) is 5.33. The highest BCUT2D eigenvalue weighted by Gasteiger charge is 2.11. The number of hydrogen-bond donors (Lipinski definition) is 1. The third-order valence-electron chi connectivity index (χ3n) is 3.92. The fraction of sp³-hybridized carbons (Fsp3) is 0.0952. The summed E-state index contributed by atoms with van der Waals surface area (Å²) in [6.07, 6.45) is 1.59. The number of esters is 1. The highest BCUT2D eigenvalue weighted by molar-refractivity contribution is 5.91. The van der Waals surface area contributed by atoms with Crippen LogP contribution in [0.2, 0.25) is 0 Å². The number of benzene rings is 2. The molecule has 3 aromatic rings. The minimum atomic E-state index is -0.444. The van der Waals surface area contributed by atoms with Gasteiger partial charge in [-0.25, -0.2) is 14.6 Å². The zero-order chi connectivity index (χ0) is 19.2. The molecule has 2 aromatic carbocycles. The van der Waals surface area contributed by atoms with Crippen molar-refractivity contribution in [2.24, 2.45) is 0 Å². The second kappa shape index (κ2) is 8.02. The smallest absolute Gasteiger partial charge is 0.337 e. The van der Waals surface area contributed by atoms with Crippen molar-refractivity contribution in [3.05, 3.63) is 83.3 Å². The molecule has 0 aliphatic heterocycles. The van der Waals surface area contributed by atoms with E-state index in [2.05, 4.69) is 9.83 Å². The number of methoxy groups -OCH3 is 1. The first-order chi connectivity index (χ1) is 13.1. The average molecular weight is 359 g/mol. The Hall–Kier alpha value is -3.85. The van der Waals surface area contributed by atoms with Crippen molar-refractivity contribution < 1.29 is 14.3 Å². The first kappa shape index (κ1) is 18.0. The van der Waals surface area contributed by atoms with Crippen molar-refractivity contribution in [3.8, 4) is 16.9 Å². The molecule has 0 spiro atoms. The second-order valence-corrected chi connectivity index (χ2v) is 5.75. The van der Waals surface area contributed by atoms with Gasteiger partial charge in [0.15, 0.2) is 17.3 Å². The normalized spacial score (nSPS) is 10.1. The molecule has 0 atom stereocenters. The van der Waals surface area contributed by atoms with Crippen LogP contribution in [0.1, 0.15) is 15.9 Å². The predicted octanol–water partition coefficient (Wildman–Crippen LogP) is 4.25. The topological polar surface area (TPSA) is 78.8 Å². The zero-order valence-corrected chi connectivity index (χ0v) is 14.7. The monoisotopic (exact) mass is 359 g/mol. The summed E-state index contributed by atoms with van der Waals surface area (Å²) >= 11 is 0. The van der Waals surface area contributed by atoms with Crippen LogP contribution in [-0.4, -0.2) is 18.1 Å². The van der Waals surface area contributed by atoms with Gasteiger partial charge in [0.2, 0.25) is 0 Å². The summed E-state index contributed by atoms with van der Waals surface area (Å²) in [6.45, 7) is 7.38. The minimum absolute atomic E-state index is 0.205. The molecule has 0 amide bonds. The number of nitrogens with two attached hydrogens (primary N) is 1. The maximum Gasteiger partial charge on any atom is 0.337 e. The molecule has 1 aromatic heterocycles. The summed E-state index contributed by atoms with van der Waals surface area (Å²) in [4.78, 5) is 19.5. The molecular formula is C21H17N3O3. The van der Waals surface area contributed by atoms with E-state index in [0.717, 1.165) is 16.7 Å². The Labute approximate surface area is 157 Å². The van der Waals surface area contributed by atoms with E-state index in [0.29, 0.717) is 22.8 Å². The first-order valence-corrected chi connectivity index (χ1v) is 8.14. The molecule has 0 saturated carbocycles. The van der Waals surface area contributed by atoms with Gasteiger partial charge < -0.3 is 15.2 Å². The summed E-state index contributed by atoms with van der Waals surface area (Å²) in [6, 6.07) is 16.0. The van der Waals surface area contributed by atoms with Crippen molar-refractivity contribution in [2.45, 2.75) is 6.61 Å². The van der Waals surface area contributed by atoms with Crippen LogP contribution in [0, 0.1) is 6.57 Å². The molecule has 0 saturated heterocycles. The SMILES string of the molecule is [C-]#[N+]c1cccc(-c2cc(COc3cccnc3N)cc(C(=O)OC)c2)c1. The summed E-state index contributed by atoms with van der Waals surface area (Å²) in [5, 5.41) is 0. The summed E-state index contributed by atoms with van der Waals surface area (Å²) in [5.41, 5.74) is 9.12. The van der Waals surface area contributed by atoms with Gasteiger partial charge in [-0.15, -0.1) is 0 Å². The van der Waals surface area contributed by atoms with E-state index >= 15 is 0 Å². The van der Waals surface area contributed by atoms with E-state index in [1.807, 2.05) is 12.1 Å². The van der Waals surface area contributed by atoms with Crippen molar-refractivity contribution in [3.63, 3.8) is 0 Å². The molecule has 0 radical (unpaired) electrons. The van der Waals surface area contributed by atoms with E-state index in [1.165, 1.54) is 7.11 Å². The molecule has 6 heteroatoms. The quantitative estimate of drug-likeness (QED) is 0.544. The molecule has 0 bridgehead atoms. The Balaban J connectivity index is 1.97. The van der Waals surface area contributed by atoms with Crippen LogP contribution >= 0.6 is 0 Å².